The summed E-state index contributed by atoms with van der Waals surface area (Å²) in [5.74, 6) is 0.718. The minimum absolute atomic E-state index is 0. The topological polar surface area (TPSA) is 41.1 Å². The lowest BCUT2D eigenvalue weighted by Crippen LogP contribution is -2.38. The molecule has 3 nitrogen and oxygen atoms in total. The van der Waals surface area contributed by atoms with Gasteiger partial charge in [0.05, 0.1) is 0 Å². The number of carbonyl (C=O) groups is 1. The molecular formula is C21H27ClN2O. The van der Waals surface area contributed by atoms with E-state index in [1.807, 2.05) is 12.1 Å². The second-order valence-electron chi connectivity index (χ2n) is 6.48. The van der Waals surface area contributed by atoms with Crippen LogP contribution in [0.3, 0.4) is 0 Å². The molecule has 1 saturated heterocycles. The van der Waals surface area contributed by atoms with Gasteiger partial charge in [0.15, 0.2) is 0 Å². The number of hydrogen-bond donors (Lipinski definition) is 2. The first-order valence-electron chi connectivity index (χ1n) is 8.93. The summed E-state index contributed by atoms with van der Waals surface area (Å²) in [6.07, 6.45) is 2.82. The van der Waals surface area contributed by atoms with Gasteiger partial charge in [-0.05, 0) is 43.5 Å². The van der Waals surface area contributed by atoms with Crippen LogP contribution in [0.1, 0.15) is 36.3 Å². The van der Waals surface area contributed by atoms with Crippen LogP contribution in [-0.2, 0) is 4.79 Å². The zero-order valence-corrected chi connectivity index (χ0v) is 15.3. The molecule has 0 spiro atoms. The summed E-state index contributed by atoms with van der Waals surface area (Å²) in [7, 11) is 0. The summed E-state index contributed by atoms with van der Waals surface area (Å²) in [6.45, 7) is 2.63. The van der Waals surface area contributed by atoms with Crippen LogP contribution < -0.4 is 10.6 Å². The molecule has 0 saturated carbocycles. The molecule has 1 aliphatic rings. The van der Waals surface area contributed by atoms with E-state index in [0.29, 0.717) is 5.92 Å². The summed E-state index contributed by atoms with van der Waals surface area (Å²) in [4.78, 5) is 12.3. The predicted molar refractivity (Wildman–Crippen MR) is 105 cm³/mol. The summed E-state index contributed by atoms with van der Waals surface area (Å²) < 4.78 is 0. The predicted octanol–water partition coefficient (Wildman–Crippen LogP) is 3.75. The average molecular weight is 359 g/mol. The fourth-order valence-corrected chi connectivity index (χ4v) is 3.46. The molecule has 1 aliphatic heterocycles. The molecule has 25 heavy (non-hydrogen) atoms. The molecule has 0 aromatic heterocycles. The van der Waals surface area contributed by atoms with Crippen molar-refractivity contribution in [2.24, 2.45) is 5.92 Å². The maximum Gasteiger partial charge on any atom is 0.223 e. The summed E-state index contributed by atoms with van der Waals surface area (Å²) in [5.41, 5.74) is 2.61. The number of halogens is 1. The third-order valence-corrected chi connectivity index (χ3v) is 4.85. The molecule has 2 N–H and O–H groups in total. The van der Waals surface area contributed by atoms with Crippen LogP contribution in [0.2, 0.25) is 0 Å². The van der Waals surface area contributed by atoms with Crippen LogP contribution in [0, 0.1) is 5.92 Å². The highest BCUT2D eigenvalue weighted by atomic mass is 35.5. The fraction of sp³-hybridized carbons (Fsp3) is 0.381. The van der Waals surface area contributed by atoms with E-state index in [1.54, 1.807) is 0 Å². The minimum Gasteiger partial charge on any atom is -0.356 e. The van der Waals surface area contributed by atoms with E-state index < -0.39 is 0 Å². The van der Waals surface area contributed by atoms with Crippen molar-refractivity contribution < 1.29 is 4.79 Å². The number of nitrogens with one attached hydrogen (secondary N) is 2. The van der Waals surface area contributed by atoms with E-state index in [4.69, 9.17) is 0 Å². The van der Waals surface area contributed by atoms with Crippen molar-refractivity contribution in [2.75, 3.05) is 19.6 Å². The largest absolute Gasteiger partial charge is 0.356 e. The van der Waals surface area contributed by atoms with Gasteiger partial charge in [-0.2, -0.15) is 0 Å². The van der Waals surface area contributed by atoms with Crippen LogP contribution in [0.25, 0.3) is 0 Å². The molecule has 2 aromatic rings. The molecule has 0 unspecified atom stereocenters. The van der Waals surface area contributed by atoms with Crippen molar-refractivity contribution in [3.8, 4) is 0 Å². The van der Waals surface area contributed by atoms with Gasteiger partial charge in [0.2, 0.25) is 5.91 Å². The van der Waals surface area contributed by atoms with Gasteiger partial charge in [-0.25, -0.2) is 0 Å². The average Bonchev–Trinajstić information content (AvgIpc) is 2.67. The van der Waals surface area contributed by atoms with Crippen LogP contribution in [0.5, 0.6) is 0 Å². The second kappa shape index (κ2) is 10.2. The molecule has 3 rings (SSSR count). The van der Waals surface area contributed by atoms with E-state index in [1.165, 1.54) is 11.1 Å². The Kier molecular flexibility index (Phi) is 7.96. The Hall–Kier alpha value is -1.84. The van der Waals surface area contributed by atoms with Gasteiger partial charge >= 0.3 is 0 Å². The molecule has 134 valence electrons. The lowest BCUT2D eigenvalue weighted by Gasteiger charge is -2.23. The normalized spacial score (nSPS) is 14.8. The van der Waals surface area contributed by atoms with Crippen LogP contribution in [0.15, 0.2) is 60.7 Å². The van der Waals surface area contributed by atoms with Crippen molar-refractivity contribution in [2.45, 2.75) is 25.2 Å². The van der Waals surface area contributed by atoms with E-state index in [-0.39, 0.29) is 24.2 Å². The van der Waals surface area contributed by atoms with Gasteiger partial charge in [0.25, 0.3) is 0 Å². The zero-order valence-electron chi connectivity index (χ0n) is 14.5. The maximum absolute atomic E-state index is 12.3. The van der Waals surface area contributed by atoms with Gasteiger partial charge < -0.3 is 10.6 Å². The first-order valence-corrected chi connectivity index (χ1v) is 8.93. The quantitative estimate of drug-likeness (QED) is 0.825. The van der Waals surface area contributed by atoms with Gasteiger partial charge in [-0.1, -0.05) is 60.7 Å². The second-order valence-corrected chi connectivity index (χ2v) is 6.48. The van der Waals surface area contributed by atoms with Gasteiger partial charge in [0.1, 0.15) is 0 Å². The van der Waals surface area contributed by atoms with Crippen LogP contribution in [-0.4, -0.2) is 25.5 Å². The van der Waals surface area contributed by atoms with Crippen molar-refractivity contribution >= 4 is 18.3 Å². The van der Waals surface area contributed by atoms with Crippen molar-refractivity contribution in [1.82, 2.24) is 10.6 Å². The molecule has 4 heteroatoms. The SMILES string of the molecule is Cl.O=C(NCCC(c1ccccc1)c1ccccc1)C1CCNCC1. The highest BCUT2D eigenvalue weighted by molar-refractivity contribution is 5.85. The van der Waals surface area contributed by atoms with Gasteiger partial charge in [-0.3, -0.25) is 4.79 Å². The summed E-state index contributed by atoms with van der Waals surface area (Å²) in [6, 6.07) is 21.1. The van der Waals surface area contributed by atoms with Crippen molar-refractivity contribution in [3.63, 3.8) is 0 Å². The lowest BCUT2D eigenvalue weighted by molar-refractivity contribution is -0.125. The van der Waals surface area contributed by atoms with E-state index >= 15 is 0 Å². The Balaban J connectivity index is 0.00000225. The Morgan fingerprint density at radius 3 is 2.00 bits per heavy atom. The number of rotatable bonds is 6. The van der Waals surface area contributed by atoms with Crippen LogP contribution >= 0.6 is 12.4 Å². The Labute approximate surface area is 156 Å². The molecule has 1 amide bonds. The number of hydrogen-bond acceptors (Lipinski definition) is 2. The lowest BCUT2D eigenvalue weighted by atomic mass is 9.88. The van der Waals surface area contributed by atoms with E-state index in [9.17, 15) is 4.79 Å². The highest BCUT2D eigenvalue weighted by Gasteiger charge is 2.21. The van der Waals surface area contributed by atoms with Crippen molar-refractivity contribution in [1.29, 1.82) is 0 Å². The molecule has 0 aliphatic carbocycles. The van der Waals surface area contributed by atoms with E-state index in [0.717, 1.165) is 38.9 Å². The third-order valence-electron chi connectivity index (χ3n) is 4.85. The number of amides is 1. The molecule has 0 atom stereocenters. The fourth-order valence-electron chi connectivity index (χ4n) is 3.46. The van der Waals surface area contributed by atoms with Crippen molar-refractivity contribution in [3.05, 3.63) is 71.8 Å². The Bertz CT molecular complexity index is 587. The number of piperidine rings is 1. The molecule has 2 aromatic carbocycles. The maximum atomic E-state index is 12.3. The first kappa shape index (κ1) is 19.5. The first-order chi connectivity index (χ1) is 11.8. The Morgan fingerprint density at radius 2 is 1.48 bits per heavy atom. The highest BCUT2D eigenvalue weighted by Crippen LogP contribution is 2.27. The minimum atomic E-state index is 0. The zero-order chi connectivity index (χ0) is 16.6. The monoisotopic (exact) mass is 358 g/mol. The molecular weight excluding hydrogens is 332 g/mol. The molecule has 1 fully saturated rings. The van der Waals surface area contributed by atoms with Crippen LogP contribution in [0.4, 0.5) is 0 Å². The third kappa shape index (κ3) is 5.58. The molecule has 0 radical (unpaired) electrons. The van der Waals surface area contributed by atoms with Gasteiger partial charge in [0, 0.05) is 18.4 Å². The molecule has 0 bridgehead atoms. The summed E-state index contributed by atoms with van der Waals surface area (Å²) >= 11 is 0. The standard InChI is InChI=1S/C21H26N2O.ClH/c24-21(19-11-14-22-15-12-19)23-16-13-20(17-7-3-1-4-8-17)18-9-5-2-6-10-18;/h1-10,19-20,22H,11-16H2,(H,23,24);1H. The smallest absolute Gasteiger partial charge is 0.223 e. The number of benzene rings is 2. The Morgan fingerprint density at radius 1 is 0.960 bits per heavy atom. The summed E-state index contributed by atoms with van der Waals surface area (Å²) in [5, 5.41) is 6.46. The molecule has 1 heterocycles. The van der Waals surface area contributed by atoms with E-state index in [2.05, 4.69) is 59.2 Å². The van der Waals surface area contributed by atoms with Gasteiger partial charge in [-0.15, -0.1) is 12.4 Å². The number of carbonyl (C=O) groups excluding carboxylic acids is 1.